The number of ether oxygens (including phenoxy) is 1. The number of rotatable bonds is 2. The van der Waals surface area contributed by atoms with Gasteiger partial charge >= 0.3 is 0 Å². The molecule has 0 radical (unpaired) electrons. The summed E-state index contributed by atoms with van der Waals surface area (Å²) in [4.78, 5) is 9.12. The van der Waals surface area contributed by atoms with E-state index in [2.05, 4.69) is 28.8 Å². The van der Waals surface area contributed by atoms with Crippen LogP contribution in [-0.4, -0.2) is 49.7 Å². The summed E-state index contributed by atoms with van der Waals surface area (Å²) in [7, 11) is 3.78. The Kier molecular flexibility index (Phi) is 3.91. The van der Waals surface area contributed by atoms with Gasteiger partial charge < -0.3 is 20.3 Å². The van der Waals surface area contributed by atoms with E-state index in [4.69, 9.17) is 10.5 Å². The molecular formula is C13H22N4O. The summed E-state index contributed by atoms with van der Waals surface area (Å²) in [6, 6.07) is 4.06. The van der Waals surface area contributed by atoms with Gasteiger partial charge in [0.15, 0.2) is 5.82 Å². The van der Waals surface area contributed by atoms with E-state index in [1.165, 1.54) is 0 Å². The largest absolute Gasteiger partial charge is 0.481 e. The van der Waals surface area contributed by atoms with Crippen LogP contribution in [0.2, 0.25) is 0 Å². The van der Waals surface area contributed by atoms with Gasteiger partial charge in [0.1, 0.15) is 0 Å². The van der Waals surface area contributed by atoms with E-state index in [-0.39, 0.29) is 0 Å². The van der Waals surface area contributed by atoms with Gasteiger partial charge in [-0.25, -0.2) is 0 Å². The lowest BCUT2D eigenvalue weighted by Crippen LogP contribution is -2.38. The predicted octanol–water partition coefficient (Wildman–Crippen LogP) is 1.20. The van der Waals surface area contributed by atoms with Crippen LogP contribution in [0.3, 0.4) is 0 Å². The predicted molar refractivity (Wildman–Crippen MR) is 74.1 cm³/mol. The number of methoxy groups -OCH3 is 1. The van der Waals surface area contributed by atoms with Crippen molar-refractivity contribution in [3.63, 3.8) is 0 Å². The number of nitrogens with two attached hydrogens (primary N) is 1. The number of aromatic nitrogens is 1. The first-order chi connectivity index (χ1) is 8.61. The molecule has 5 heteroatoms. The zero-order valence-corrected chi connectivity index (χ0v) is 11.4. The molecule has 1 saturated heterocycles. The fraction of sp³-hybridized carbons (Fsp3) is 0.615. The molecule has 5 nitrogen and oxygen atoms in total. The second-order valence-corrected chi connectivity index (χ2v) is 4.92. The molecule has 1 aromatic rings. The third-order valence-electron chi connectivity index (χ3n) is 3.41. The Balaban J connectivity index is 2.28. The molecular weight excluding hydrogens is 228 g/mol. The Morgan fingerprint density at radius 3 is 2.89 bits per heavy atom. The summed E-state index contributed by atoms with van der Waals surface area (Å²) < 4.78 is 5.18. The fourth-order valence-corrected chi connectivity index (χ4v) is 2.47. The number of hydrogen-bond donors (Lipinski definition) is 1. The third-order valence-corrected chi connectivity index (χ3v) is 3.41. The van der Waals surface area contributed by atoms with Crippen molar-refractivity contribution in [3.8, 4) is 5.88 Å². The van der Waals surface area contributed by atoms with Crippen LogP contribution in [0.15, 0.2) is 12.1 Å². The first-order valence-corrected chi connectivity index (χ1v) is 6.37. The molecule has 2 rings (SSSR count). The summed E-state index contributed by atoms with van der Waals surface area (Å²) in [6.45, 7) is 5.33. The number of nitrogen functional groups attached to an aromatic ring is 1. The van der Waals surface area contributed by atoms with Crippen LogP contribution in [0.4, 0.5) is 11.5 Å². The van der Waals surface area contributed by atoms with E-state index in [1.54, 1.807) is 13.2 Å². The molecule has 0 saturated carbocycles. The fourth-order valence-electron chi connectivity index (χ4n) is 2.47. The first kappa shape index (κ1) is 13.0. The van der Waals surface area contributed by atoms with E-state index in [0.717, 1.165) is 31.9 Å². The monoisotopic (exact) mass is 250 g/mol. The Labute approximate surface area is 109 Å². The van der Waals surface area contributed by atoms with Gasteiger partial charge in [-0.05, 0) is 33.0 Å². The molecule has 2 heterocycles. The van der Waals surface area contributed by atoms with Crippen LogP contribution < -0.4 is 15.4 Å². The van der Waals surface area contributed by atoms with E-state index in [9.17, 15) is 0 Å². The van der Waals surface area contributed by atoms with Crippen LogP contribution in [0.1, 0.15) is 13.3 Å². The van der Waals surface area contributed by atoms with E-state index in [0.29, 0.717) is 17.6 Å². The van der Waals surface area contributed by atoms with Crippen LogP contribution in [0.5, 0.6) is 5.88 Å². The maximum absolute atomic E-state index is 6.05. The molecule has 0 aliphatic carbocycles. The lowest BCUT2D eigenvalue weighted by molar-refractivity contribution is 0.337. The summed E-state index contributed by atoms with van der Waals surface area (Å²) in [5.74, 6) is 1.46. The molecule has 1 aliphatic rings. The first-order valence-electron chi connectivity index (χ1n) is 6.37. The highest BCUT2D eigenvalue weighted by atomic mass is 16.5. The molecule has 0 spiro atoms. The molecule has 0 bridgehead atoms. The molecule has 1 atom stereocenters. The van der Waals surface area contributed by atoms with Gasteiger partial charge in [-0.2, -0.15) is 4.98 Å². The molecule has 1 aliphatic heterocycles. The van der Waals surface area contributed by atoms with Gasteiger partial charge in [-0.1, -0.05) is 0 Å². The highest BCUT2D eigenvalue weighted by Gasteiger charge is 2.22. The Bertz CT molecular complexity index is 410. The van der Waals surface area contributed by atoms with Gasteiger partial charge in [-0.3, -0.25) is 0 Å². The molecule has 1 unspecified atom stereocenters. The standard InChI is InChI=1S/C13H22N4O/c1-10-9-16(2)7-4-8-17(10)13-11(14)5-6-12(15-13)18-3/h5-6,10H,4,7-9,14H2,1-3H3. The lowest BCUT2D eigenvalue weighted by Gasteiger charge is -2.30. The summed E-state index contributed by atoms with van der Waals surface area (Å²) >= 11 is 0. The van der Waals surface area contributed by atoms with Gasteiger partial charge in [0, 0.05) is 25.2 Å². The SMILES string of the molecule is COc1ccc(N)c(N2CCCN(C)CC2C)n1. The zero-order valence-electron chi connectivity index (χ0n) is 11.4. The quantitative estimate of drug-likeness (QED) is 0.855. The zero-order chi connectivity index (χ0) is 13.1. The number of likely N-dealkylation sites (N-methyl/N-ethyl adjacent to an activating group) is 1. The minimum absolute atomic E-state index is 0.402. The van der Waals surface area contributed by atoms with Crippen molar-refractivity contribution in [2.45, 2.75) is 19.4 Å². The number of hydrogen-bond acceptors (Lipinski definition) is 5. The second kappa shape index (κ2) is 5.44. The van der Waals surface area contributed by atoms with E-state index < -0.39 is 0 Å². The smallest absolute Gasteiger partial charge is 0.215 e. The minimum atomic E-state index is 0.402. The minimum Gasteiger partial charge on any atom is -0.481 e. The van der Waals surface area contributed by atoms with Crippen LogP contribution >= 0.6 is 0 Å². The van der Waals surface area contributed by atoms with Crippen molar-refractivity contribution in [2.75, 3.05) is 44.4 Å². The average molecular weight is 250 g/mol. The van der Waals surface area contributed by atoms with Crippen molar-refractivity contribution in [1.29, 1.82) is 0 Å². The third kappa shape index (κ3) is 2.67. The van der Waals surface area contributed by atoms with Crippen LogP contribution in [0, 0.1) is 0 Å². The van der Waals surface area contributed by atoms with Gasteiger partial charge in [-0.15, -0.1) is 0 Å². The normalized spacial score (nSPS) is 21.7. The Morgan fingerprint density at radius 1 is 1.39 bits per heavy atom. The molecule has 1 aromatic heterocycles. The number of nitrogens with zero attached hydrogens (tertiary/aromatic N) is 3. The molecule has 1 fully saturated rings. The maximum atomic E-state index is 6.05. The van der Waals surface area contributed by atoms with Gasteiger partial charge in [0.2, 0.25) is 5.88 Å². The second-order valence-electron chi connectivity index (χ2n) is 4.92. The van der Waals surface area contributed by atoms with Crippen molar-refractivity contribution >= 4 is 11.5 Å². The Morgan fingerprint density at radius 2 is 2.17 bits per heavy atom. The van der Waals surface area contributed by atoms with Crippen LogP contribution in [0.25, 0.3) is 0 Å². The van der Waals surface area contributed by atoms with Crippen LogP contribution in [-0.2, 0) is 0 Å². The summed E-state index contributed by atoms with van der Waals surface area (Å²) in [5, 5.41) is 0. The highest BCUT2D eigenvalue weighted by molar-refractivity contribution is 5.64. The lowest BCUT2D eigenvalue weighted by atomic mass is 10.2. The van der Waals surface area contributed by atoms with Gasteiger partial charge in [0.05, 0.1) is 12.8 Å². The van der Waals surface area contributed by atoms with Crippen molar-refractivity contribution in [3.05, 3.63) is 12.1 Å². The van der Waals surface area contributed by atoms with Crippen molar-refractivity contribution in [2.24, 2.45) is 0 Å². The Hall–Kier alpha value is -1.49. The average Bonchev–Trinajstić information content (AvgIpc) is 2.51. The van der Waals surface area contributed by atoms with Crippen molar-refractivity contribution < 1.29 is 4.74 Å². The van der Waals surface area contributed by atoms with E-state index >= 15 is 0 Å². The molecule has 100 valence electrons. The summed E-state index contributed by atoms with van der Waals surface area (Å²) in [5.41, 5.74) is 6.76. The van der Waals surface area contributed by atoms with E-state index in [1.807, 2.05) is 6.07 Å². The highest BCUT2D eigenvalue weighted by Crippen LogP contribution is 2.26. The van der Waals surface area contributed by atoms with Crippen molar-refractivity contribution in [1.82, 2.24) is 9.88 Å². The molecule has 2 N–H and O–H groups in total. The number of pyridine rings is 1. The van der Waals surface area contributed by atoms with Gasteiger partial charge in [0.25, 0.3) is 0 Å². The summed E-state index contributed by atoms with van der Waals surface area (Å²) in [6.07, 6.45) is 1.12. The maximum Gasteiger partial charge on any atom is 0.215 e. The molecule has 0 amide bonds. The topological polar surface area (TPSA) is 54.6 Å². The number of anilines is 2. The molecule has 18 heavy (non-hydrogen) atoms. The molecule has 0 aromatic carbocycles.